The zero-order valence-corrected chi connectivity index (χ0v) is 12.5. The van der Waals surface area contributed by atoms with Crippen molar-refractivity contribution in [3.8, 4) is 0 Å². The Hall–Kier alpha value is -1.00. The third-order valence-corrected chi connectivity index (χ3v) is 4.10. The number of thioether (sulfide) groups is 1. The van der Waals surface area contributed by atoms with Crippen LogP contribution in [0.4, 0.5) is 0 Å². The Kier molecular flexibility index (Phi) is 6.22. The number of benzene rings is 1. The summed E-state index contributed by atoms with van der Waals surface area (Å²) in [5, 5.41) is 0.962. The summed E-state index contributed by atoms with van der Waals surface area (Å²) in [6, 6.07) is 8.56. The van der Waals surface area contributed by atoms with E-state index in [4.69, 9.17) is 11.5 Å². The Bertz CT molecular complexity index is 443. The summed E-state index contributed by atoms with van der Waals surface area (Å²) in [6.07, 6.45) is 3.21. The van der Waals surface area contributed by atoms with Crippen LogP contribution in [0, 0.1) is 0 Å². The molecule has 4 N–H and O–H groups in total. The van der Waals surface area contributed by atoms with Crippen molar-refractivity contribution >= 4 is 30.0 Å². The Morgan fingerprint density at radius 3 is 2.33 bits per heavy atom. The highest BCUT2D eigenvalue weighted by atomic mass is 32.2. The molecule has 1 aromatic carbocycles. The van der Waals surface area contributed by atoms with Gasteiger partial charge in [0, 0.05) is 5.75 Å². The van der Waals surface area contributed by atoms with Crippen LogP contribution < -0.4 is 11.5 Å². The van der Waals surface area contributed by atoms with E-state index in [-0.39, 0.29) is 0 Å². The first kappa shape index (κ1) is 15.1. The summed E-state index contributed by atoms with van der Waals surface area (Å²) in [4.78, 5) is 0. The van der Waals surface area contributed by atoms with E-state index in [0.717, 1.165) is 12.2 Å². The largest absolute Gasteiger partial charge is 0.392 e. The van der Waals surface area contributed by atoms with Gasteiger partial charge in [0.15, 0.2) is 0 Å². The van der Waals surface area contributed by atoms with Gasteiger partial charge in [-0.2, -0.15) is 0 Å². The normalized spacial score (nSPS) is 13.4. The average molecular weight is 280 g/mol. The van der Waals surface area contributed by atoms with Crippen LogP contribution in [0.25, 0.3) is 5.57 Å². The molecular formula is C14H20N2S2. The summed E-state index contributed by atoms with van der Waals surface area (Å²) in [5.41, 5.74) is 15.1. The molecule has 0 aromatic heterocycles. The van der Waals surface area contributed by atoms with Crippen molar-refractivity contribution in [1.82, 2.24) is 0 Å². The van der Waals surface area contributed by atoms with Crippen LogP contribution in [0.5, 0.6) is 0 Å². The van der Waals surface area contributed by atoms with E-state index >= 15 is 0 Å². The quantitative estimate of drug-likeness (QED) is 0.721. The van der Waals surface area contributed by atoms with Crippen LogP contribution in [0.2, 0.25) is 0 Å². The van der Waals surface area contributed by atoms with Gasteiger partial charge in [0.25, 0.3) is 0 Å². The van der Waals surface area contributed by atoms with Gasteiger partial charge >= 0.3 is 0 Å². The number of hydrogen-bond donors (Lipinski definition) is 3. The maximum absolute atomic E-state index is 5.72. The minimum Gasteiger partial charge on any atom is -0.392 e. The second-order valence-electron chi connectivity index (χ2n) is 3.90. The lowest BCUT2D eigenvalue weighted by atomic mass is 10.0. The molecule has 0 aliphatic rings. The molecule has 0 saturated heterocycles. The van der Waals surface area contributed by atoms with E-state index in [2.05, 4.69) is 56.8 Å². The monoisotopic (exact) mass is 280 g/mol. The number of allylic oxidation sites excluding steroid dienone is 2. The smallest absolute Gasteiger partial charge is 0.0957 e. The molecule has 0 saturated carbocycles. The summed E-state index contributed by atoms with van der Waals surface area (Å²) in [5.74, 6) is 0.810. The third kappa shape index (κ3) is 4.35. The molecule has 0 atom stereocenters. The van der Waals surface area contributed by atoms with Crippen molar-refractivity contribution in [2.45, 2.75) is 26.0 Å². The number of thiol groups is 1. The van der Waals surface area contributed by atoms with Crippen LogP contribution in [0.3, 0.4) is 0 Å². The van der Waals surface area contributed by atoms with Crippen molar-refractivity contribution < 1.29 is 0 Å². The van der Waals surface area contributed by atoms with Crippen LogP contribution >= 0.6 is 24.4 Å². The zero-order chi connectivity index (χ0) is 13.5. The standard InChI is InChI=1S/C14H20N2S2/c1-3-11(4-2)12-7-5-10(6-8-12)9-18-14(16)13(15)17/h3,5-8,17H,4,9,15-16H2,1-2H3/b11-3+,14-13+. The molecule has 4 heteroatoms. The first-order valence-electron chi connectivity index (χ1n) is 5.90. The molecule has 0 amide bonds. The molecular weight excluding hydrogens is 260 g/mol. The van der Waals surface area contributed by atoms with Crippen molar-refractivity contribution in [3.63, 3.8) is 0 Å². The number of rotatable bonds is 5. The lowest BCUT2D eigenvalue weighted by molar-refractivity contribution is 1.23. The molecule has 0 heterocycles. The fourth-order valence-electron chi connectivity index (χ4n) is 1.62. The molecule has 98 valence electrons. The number of hydrogen-bond acceptors (Lipinski definition) is 4. The molecule has 0 spiro atoms. The highest BCUT2D eigenvalue weighted by Crippen LogP contribution is 2.22. The van der Waals surface area contributed by atoms with E-state index in [1.807, 2.05) is 0 Å². The zero-order valence-electron chi connectivity index (χ0n) is 10.8. The molecule has 0 radical (unpaired) electrons. The molecule has 0 bridgehead atoms. The van der Waals surface area contributed by atoms with E-state index in [1.165, 1.54) is 28.5 Å². The molecule has 18 heavy (non-hydrogen) atoms. The first-order chi connectivity index (χ1) is 8.58. The van der Waals surface area contributed by atoms with E-state index < -0.39 is 0 Å². The van der Waals surface area contributed by atoms with Crippen molar-refractivity contribution in [1.29, 1.82) is 0 Å². The summed E-state index contributed by atoms with van der Waals surface area (Å²) in [6.45, 7) is 4.24. The first-order valence-corrected chi connectivity index (χ1v) is 7.33. The topological polar surface area (TPSA) is 52.0 Å². The Balaban J connectivity index is 2.69. The molecule has 2 nitrogen and oxygen atoms in total. The predicted molar refractivity (Wildman–Crippen MR) is 86.1 cm³/mol. The molecule has 0 aliphatic carbocycles. The molecule has 0 fully saturated rings. The maximum Gasteiger partial charge on any atom is 0.0957 e. The van der Waals surface area contributed by atoms with Crippen LogP contribution in [-0.2, 0) is 5.75 Å². The van der Waals surface area contributed by atoms with Gasteiger partial charge < -0.3 is 11.5 Å². The number of nitrogens with two attached hydrogens (primary N) is 2. The average Bonchev–Trinajstić information content (AvgIpc) is 2.38. The second kappa shape index (κ2) is 7.44. The van der Waals surface area contributed by atoms with Crippen LogP contribution in [0.1, 0.15) is 31.4 Å². The highest BCUT2D eigenvalue weighted by molar-refractivity contribution is 8.03. The van der Waals surface area contributed by atoms with Crippen molar-refractivity contribution in [2.24, 2.45) is 11.5 Å². The van der Waals surface area contributed by atoms with Gasteiger partial charge in [-0.05, 0) is 30.0 Å². The Morgan fingerprint density at radius 1 is 1.28 bits per heavy atom. The van der Waals surface area contributed by atoms with Gasteiger partial charge in [0.1, 0.15) is 0 Å². The van der Waals surface area contributed by atoms with E-state index in [9.17, 15) is 0 Å². The molecule has 1 aromatic rings. The Labute approximate surface area is 119 Å². The van der Waals surface area contributed by atoms with Crippen LogP contribution in [-0.4, -0.2) is 0 Å². The van der Waals surface area contributed by atoms with Gasteiger partial charge in [-0.15, -0.1) is 24.4 Å². The SMILES string of the molecule is C/C=C(\CC)c1ccc(CS/C(N)=C(\N)S)cc1. The van der Waals surface area contributed by atoms with E-state index in [0.29, 0.717) is 10.1 Å². The highest BCUT2D eigenvalue weighted by Gasteiger charge is 2.01. The minimum atomic E-state index is 0.388. The van der Waals surface area contributed by atoms with Gasteiger partial charge in [-0.25, -0.2) is 0 Å². The van der Waals surface area contributed by atoms with Gasteiger partial charge in [-0.3, -0.25) is 0 Å². The van der Waals surface area contributed by atoms with Gasteiger partial charge in [0.05, 0.1) is 10.1 Å². The van der Waals surface area contributed by atoms with Gasteiger partial charge in [0.2, 0.25) is 0 Å². The minimum absolute atomic E-state index is 0.388. The summed E-state index contributed by atoms with van der Waals surface area (Å²) < 4.78 is 0. The lowest BCUT2D eigenvalue weighted by Gasteiger charge is -2.07. The molecule has 1 rings (SSSR count). The van der Waals surface area contributed by atoms with Crippen molar-refractivity contribution in [2.75, 3.05) is 0 Å². The molecule has 0 unspecified atom stereocenters. The summed E-state index contributed by atoms with van der Waals surface area (Å²) >= 11 is 5.52. The van der Waals surface area contributed by atoms with E-state index in [1.54, 1.807) is 0 Å². The lowest BCUT2D eigenvalue weighted by Crippen LogP contribution is -2.02. The molecule has 0 aliphatic heterocycles. The van der Waals surface area contributed by atoms with Crippen LogP contribution in [0.15, 0.2) is 40.4 Å². The fraction of sp³-hybridized carbons (Fsp3) is 0.286. The Morgan fingerprint density at radius 2 is 1.89 bits per heavy atom. The van der Waals surface area contributed by atoms with Crippen molar-refractivity contribution in [3.05, 3.63) is 51.5 Å². The maximum atomic E-state index is 5.72. The summed E-state index contributed by atoms with van der Waals surface area (Å²) in [7, 11) is 0. The third-order valence-electron chi connectivity index (χ3n) is 2.70. The fourth-order valence-corrected chi connectivity index (χ4v) is 2.48. The predicted octanol–water partition coefficient (Wildman–Crippen LogP) is 3.71. The second-order valence-corrected chi connectivity index (χ2v) is 5.40. The van der Waals surface area contributed by atoms with Gasteiger partial charge in [-0.1, -0.05) is 37.3 Å².